The van der Waals surface area contributed by atoms with Crippen LogP contribution in [0.3, 0.4) is 0 Å². The van der Waals surface area contributed by atoms with Crippen molar-refractivity contribution in [1.82, 2.24) is 4.98 Å². The second-order valence-corrected chi connectivity index (χ2v) is 9.44. The summed E-state index contributed by atoms with van der Waals surface area (Å²) in [4.78, 5) is 5.75. The molecule has 3 aromatic rings. The van der Waals surface area contributed by atoms with Crippen molar-refractivity contribution in [2.45, 2.75) is 5.51 Å². The fraction of sp³-hybridized carbons (Fsp3) is 0.133. The van der Waals surface area contributed by atoms with E-state index in [-0.39, 0.29) is 15.0 Å². The zero-order chi connectivity index (χ0) is 19.8. The SMILES string of the molecule is COc1c(-c2cccs2)nc(-c2cccs2)c(I)c1OS(=O)(=O)C(F)(F)F. The average Bonchev–Trinajstić information content (AvgIpc) is 3.28. The van der Waals surface area contributed by atoms with Crippen molar-refractivity contribution in [1.29, 1.82) is 0 Å². The fourth-order valence-electron chi connectivity index (χ4n) is 2.10. The minimum absolute atomic E-state index is 0.0973. The van der Waals surface area contributed by atoms with Gasteiger partial charge in [-0.1, -0.05) is 12.1 Å². The van der Waals surface area contributed by atoms with Crippen molar-refractivity contribution in [3.63, 3.8) is 0 Å². The lowest BCUT2D eigenvalue weighted by molar-refractivity contribution is -0.0500. The zero-order valence-electron chi connectivity index (χ0n) is 13.3. The highest BCUT2D eigenvalue weighted by molar-refractivity contribution is 14.1. The van der Waals surface area contributed by atoms with Crippen LogP contribution < -0.4 is 8.92 Å². The lowest BCUT2D eigenvalue weighted by atomic mass is 10.2. The molecule has 12 heteroatoms. The molecule has 5 nitrogen and oxygen atoms in total. The number of nitrogens with zero attached hydrogens (tertiary/aromatic N) is 1. The van der Waals surface area contributed by atoms with E-state index in [1.807, 2.05) is 0 Å². The van der Waals surface area contributed by atoms with Gasteiger partial charge in [0.25, 0.3) is 0 Å². The Labute approximate surface area is 174 Å². The summed E-state index contributed by atoms with van der Waals surface area (Å²) < 4.78 is 71.6. The van der Waals surface area contributed by atoms with Gasteiger partial charge >= 0.3 is 15.6 Å². The maximum Gasteiger partial charge on any atom is 0.534 e. The van der Waals surface area contributed by atoms with Crippen LogP contribution in [0.1, 0.15) is 0 Å². The van der Waals surface area contributed by atoms with Crippen molar-refractivity contribution in [3.8, 4) is 32.6 Å². The fourth-order valence-corrected chi connectivity index (χ4v) is 5.11. The first kappa shape index (κ1) is 20.4. The highest BCUT2D eigenvalue weighted by Gasteiger charge is 2.49. The molecule has 0 saturated carbocycles. The third kappa shape index (κ3) is 3.93. The van der Waals surface area contributed by atoms with E-state index in [2.05, 4.69) is 9.17 Å². The lowest BCUT2D eigenvalue weighted by Gasteiger charge is -2.17. The summed E-state index contributed by atoms with van der Waals surface area (Å²) in [6.45, 7) is 0. The predicted octanol–water partition coefficient (Wildman–Crippen LogP) is 5.38. The molecular formula is C15H9F3INO4S3. The van der Waals surface area contributed by atoms with E-state index in [1.165, 1.54) is 29.8 Å². The van der Waals surface area contributed by atoms with Gasteiger partial charge in [-0.05, 0) is 45.5 Å². The van der Waals surface area contributed by atoms with E-state index in [9.17, 15) is 21.6 Å². The first-order chi connectivity index (χ1) is 12.7. The van der Waals surface area contributed by atoms with E-state index in [1.54, 1.807) is 57.6 Å². The molecule has 0 saturated heterocycles. The van der Waals surface area contributed by atoms with Crippen molar-refractivity contribution >= 4 is 55.4 Å². The Kier molecular flexibility index (Phi) is 5.70. The van der Waals surface area contributed by atoms with Gasteiger partial charge < -0.3 is 8.92 Å². The average molecular weight is 547 g/mol. The number of ether oxygens (including phenoxy) is 1. The number of alkyl halides is 3. The van der Waals surface area contributed by atoms with Crippen molar-refractivity contribution in [2.75, 3.05) is 7.11 Å². The Morgan fingerprint density at radius 3 is 2.04 bits per heavy atom. The molecule has 0 atom stereocenters. The molecule has 0 amide bonds. The van der Waals surface area contributed by atoms with E-state index >= 15 is 0 Å². The zero-order valence-corrected chi connectivity index (χ0v) is 17.9. The molecule has 0 fully saturated rings. The van der Waals surface area contributed by atoms with Crippen molar-refractivity contribution < 1.29 is 30.5 Å². The van der Waals surface area contributed by atoms with Gasteiger partial charge in [0.2, 0.25) is 5.75 Å². The number of thiophene rings is 2. The Balaban J connectivity index is 2.30. The normalized spacial score (nSPS) is 12.2. The van der Waals surface area contributed by atoms with Gasteiger partial charge in [0.05, 0.1) is 26.1 Å². The van der Waals surface area contributed by atoms with Crippen LogP contribution >= 0.6 is 45.3 Å². The number of hydrogen-bond acceptors (Lipinski definition) is 7. The summed E-state index contributed by atoms with van der Waals surface area (Å²) in [5, 5.41) is 3.53. The largest absolute Gasteiger partial charge is 0.534 e. The van der Waals surface area contributed by atoms with Gasteiger partial charge in [0.1, 0.15) is 5.69 Å². The first-order valence-corrected chi connectivity index (χ1v) is 11.3. The van der Waals surface area contributed by atoms with Gasteiger partial charge in [0.15, 0.2) is 5.75 Å². The molecule has 0 aliphatic rings. The standard InChI is InChI=1S/C15H9F3INO4S3/c1-23-14-12(9-5-3-7-26-9)20-11(8-4-2-6-25-8)10(19)13(14)24-27(21,22)15(16,17)18/h2-7H,1H3. The second-order valence-electron chi connectivity index (χ2n) is 4.92. The molecule has 0 N–H and O–H groups in total. The first-order valence-electron chi connectivity index (χ1n) is 7.01. The molecular weight excluding hydrogens is 538 g/mol. The predicted molar refractivity (Wildman–Crippen MR) is 106 cm³/mol. The summed E-state index contributed by atoms with van der Waals surface area (Å²) in [5.41, 5.74) is -5.07. The second kappa shape index (κ2) is 7.56. The van der Waals surface area contributed by atoms with Crippen LogP contribution in [0.5, 0.6) is 11.5 Å². The molecule has 0 spiro atoms. The molecule has 0 radical (unpaired) electrons. The maximum absolute atomic E-state index is 12.9. The summed E-state index contributed by atoms with van der Waals surface area (Å²) in [6, 6.07) is 6.90. The number of pyridine rings is 1. The molecule has 0 bridgehead atoms. The van der Waals surface area contributed by atoms with Crippen LogP contribution in [0.4, 0.5) is 13.2 Å². The molecule has 0 aromatic carbocycles. The Hall–Kier alpha value is -1.38. The molecule has 3 rings (SSSR count). The van der Waals surface area contributed by atoms with Gasteiger partial charge in [-0.2, -0.15) is 21.6 Å². The minimum atomic E-state index is -5.88. The van der Waals surface area contributed by atoms with Crippen LogP contribution in [-0.4, -0.2) is 26.0 Å². The lowest BCUT2D eigenvalue weighted by Crippen LogP contribution is -2.28. The number of aromatic nitrogens is 1. The van der Waals surface area contributed by atoms with E-state index in [0.717, 1.165) is 0 Å². The molecule has 27 heavy (non-hydrogen) atoms. The number of hydrogen-bond donors (Lipinski definition) is 0. The third-order valence-electron chi connectivity index (χ3n) is 3.24. The summed E-state index contributed by atoms with van der Waals surface area (Å²) >= 11 is 4.30. The van der Waals surface area contributed by atoms with Crippen LogP contribution in [-0.2, 0) is 10.1 Å². The molecule has 0 aliphatic heterocycles. The Morgan fingerprint density at radius 1 is 1.04 bits per heavy atom. The molecule has 3 aromatic heterocycles. The van der Waals surface area contributed by atoms with Crippen LogP contribution in [0, 0.1) is 3.57 Å². The maximum atomic E-state index is 12.9. The van der Waals surface area contributed by atoms with Crippen LogP contribution in [0.2, 0.25) is 0 Å². The van der Waals surface area contributed by atoms with Crippen molar-refractivity contribution in [2.24, 2.45) is 0 Å². The minimum Gasteiger partial charge on any atom is -0.491 e. The summed E-state index contributed by atoms with van der Waals surface area (Å²) in [5.74, 6) is -0.729. The Morgan fingerprint density at radius 2 is 1.59 bits per heavy atom. The quantitative estimate of drug-likeness (QED) is 0.244. The van der Waals surface area contributed by atoms with Crippen LogP contribution in [0.25, 0.3) is 21.1 Å². The number of rotatable bonds is 5. The van der Waals surface area contributed by atoms with E-state index in [0.29, 0.717) is 15.4 Å². The summed E-state index contributed by atoms with van der Waals surface area (Å²) in [6.07, 6.45) is 0. The molecule has 0 aliphatic carbocycles. The van der Waals surface area contributed by atoms with Gasteiger partial charge in [-0.15, -0.1) is 22.7 Å². The molecule has 0 unspecified atom stereocenters. The third-order valence-corrected chi connectivity index (χ3v) is 6.95. The topological polar surface area (TPSA) is 65.5 Å². The highest BCUT2D eigenvalue weighted by atomic mass is 127. The van der Waals surface area contributed by atoms with Gasteiger partial charge in [0, 0.05) is 0 Å². The smallest absolute Gasteiger partial charge is 0.491 e. The van der Waals surface area contributed by atoms with E-state index in [4.69, 9.17) is 4.74 Å². The van der Waals surface area contributed by atoms with Crippen molar-refractivity contribution in [3.05, 3.63) is 38.6 Å². The number of halogens is 4. The molecule has 3 heterocycles. The van der Waals surface area contributed by atoms with Gasteiger partial charge in [-0.25, -0.2) is 4.98 Å². The van der Waals surface area contributed by atoms with E-state index < -0.39 is 21.4 Å². The van der Waals surface area contributed by atoms with Crippen LogP contribution in [0.15, 0.2) is 35.0 Å². The molecule has 144 valence electrons. The highest BCUT2D eigenvalue weighted by Crippen LogP contribution is 2.47. The van der Waals surface area contributed by atoms with Gasteiger partial charge in [-0.3, -0.25) is 0 Å². The number of methoxy groups -OCH3 is 1. The summed E-state index contributed by atoms with van der Waals surface area (Å²) in [7, 11) is -4.67. The Bertz CT molecular complexity index is 1050. The monoisotopic (exact) mass is 547 g/mol.